The van der Waals surface area contributed by atoms with Crippen molar-refractivity contribution in [2.75, 3.05) is 13.1 Å². The first-order valence-electron chi connectivity index (χ1n) is 9.22. The Kier molecular flexibility index (Phi) is 5.24. The van der Waals surface area contributed by atoms with E-state index in [-0.39, 0.29) is 23.6 Å². The topological polar surface area (TPSA) is 47.4 Å². The first kappa shape index (κ1) is 19.0. The van der Waals surface area contributed by atoms with Gasteiger partial charge < -0.3 is 9.64 Å². The third-order valence-corrected chi connectivity index (χ3v) is 4.82. The number of aromatic nitrogens is 2. The first-order valence-corrected chi connectivity index (χ1v) is 9.22. The lowest BCUT2D eigenvalue weighted by Gasteiger charge is -2.31. The Morgan fingerprint density at radius 3 is 2.34 bits per heavy atom. The smallest absolute Gasteiger partial charge is 0.274 e. The van der Waals surface area contributed by atoms with Crippen LogP contribution < -0.4 is 4.74 Å². The number of benzene rings is 2. The summed E-state index contributed by atoms with van der Waals surface area (Å²) in [5.74, 6) is -1.94. The summed E-state index contributed by atoms with van der Waals surface area (Å²) in [6, 6.07) is 10.6. The van der Waals surface area contributed by atoms with Gasteiger partial charge in [0.25, 0.3) is 5.91 Å². The number of likely N-dealkylation sites (tertiary alicyclic amines) is 1. The second kappa shape index (κ2) is 7.98. The highest BCUT2D eigenvalue weighted by Gasteiger charge is 2.26. The number of piperidine rings is 1. The van der Waals surface area contributed by atoms with Crippen LogP contribution in [0.25, 0.3) is 5.69 Å². The predicted molar refractivity (Wildman–Crippen MR) is 99.4 cm³/mol. The van der Waals surface area contributed by atoms with Crippen molar-refractivity contribution in [3.63, 3.8) is 0 Å². The fourth-order valence-corrected chi connectivity index (χ4v) is 3.26. The second-order valence-electron chi connectivity index (χ2n) is 6.81. The van der Waals surface area contributed by atoms with Gasteiger partial charge in [0, 0.05) is 38.2 Å². The van der Waals surface area contributed by atoms with Gasteiger partial charge in [0.2, 0.25) is 0 Å². The van der Waals surface area contributed by atoms with Crippen molar-refractivity contribution in [1.29, 1.82) is 0 Å². The van der Waals surface area contributed by atoms with Crippen LogP contribution in [0.2, 0.25) is 0 Å². The average molecular weight is 401 g/mol. The summed E-state index contributed by atoms with van der Waals surface area (Å²) >= 11 is 0. The molecule has 1 aliphatic heterocycles. The molecule has 0 atom stereocenters. The lowest BCUT2D eigenvalue weighted by molar-refractivity contribution is 0.0582. The number of carbonyl (C=O) groups excluding carboxylic acids is 1. The van der Waals surface area contributed by atoms with Crippen molar-refractivity contribution in [3.8, 4) is 11.4 Å². The summed E-state index contributed by atoms with van der Waals surface area (Å²) in [6.07, 6.45) is 2.45. The Hall–Kier alpha value is -3.29. The van der Waals surface area contributed by atoms with Crippen molar-refractivity contribution >= 4 is 5.91 Å². The van der Waals surface area contributed by atoms with Crippen LogP contribution in [0.1, 0.15) is 23.3 Å². The Labute approximate surface area is 165 Å². The molecular formula is C21H18F3N3O2. The fraction of sp³-hybridized carbons (Fsp3) is 0.238. The summed E-state index contributed by atoms with van der Waals surface area (Å²) in [5.41, 5.74) is 0.942. The van der Waals surface area contributed by atoms with Gasteiger partial charge in [-0.15, -0.1) is 0 Å². The van der Waals surface area contributed by atoms with E-state index in [1.165, 1.54) is 22.9 Å². The highest BCUT2D eigenvalue weighted by atomic mass is 19.1. The highest BCUT2D eigenvalue weighted by Crippen LogP contribution is 2.23. The van der Waals surface area contributed by atoms with Crippen LogP contribution in [-0.2, 0) is 0 Å². The molecule has 150 valence electrons. The quantitative estimate of drug-likeness (QED) is 0.665. The lowest BCUT2D eigenvalue weighted by atomic mass is 10.1. The summed E-state index contributed by atoms with van der Waals surface area (Å²) in [7, 11) is 0. The average Bonchev–Trinajstić information content (AvgIpc) is 3.21. The zero-order valence-corrected chi connectivity index (χ0v) is 15.4. The standard InChI is InChI=1S/C21H18F3N3O2/c22-14-1-4-16(5-2-14)27-12-9-19(25-27)21(28)26-10-7-17(8-11-26)29-20-6-3-15(23)13-18(20)24/h1-6,9,12-13,17H,7-8,10-11H2. The van der Waals surface area contributed by atoms with E-state index in [1.807, 2.05) is 0 Å². The van der Waals surface area contributed by atoms with Crippen LogP contribution in [-0.4, -0.2) is 39.8 Å². The van der Waals surface area contributed by atoms with E-state index in [1.54, 1.807) is 29.3 Å². The van der Waals surface area contributed by atoms with Gasteiger partial charge in [-0.25, -0.2) is 17.9 Å². The lowest BCUT2D eigenvalue weighted by Crippen LogP contribution is -2.42. The molecule has 1 aromatic heterocycles. The molecule has 0 radical (unpaired) electrons. The number of nitrogens with zero attached hydrogens (tertiary/aromatic N) is 3. The minimum absolute atomic E-state index is 0.00853. The summed E-state index contributed by atoms with van der Waals surface area (Å²) in [4.78, 5) is 14.4. The molecule has 1 saturated heterocycles. The molecule has 0 bridgehead atoms. The Morgan fingerprint density at radius 2 is 1.66 bits per heavy atom. The van der Waals surface area contributed by atoms with E-state index in [0.29, 0.717) is 37.3 Å². The van der Waals surface area contributed by atoms with Crippen LogP contribution in [0.3, 0.4) is 0 Å². The first-order chi connectivity index (χ1) is 14.0. The van der Waals surface area contributed by atoms with E-state index in [2.05, 4.69) is 5.10 Å². The van der Waals surface area contributed by atoms with Crippen LogP contribution in [0.5, 0.6) is 5.75 Å². The molecule has 1 fully saturated rings. The van der Waals surface area contributed by atoms with E-state index in [4.69, 9.17) is 4.74 Å². The molecule has 8 heteroatoms. The number of hydrogen-bond donors (Lipinski definition) is 0. The number of amides is 1. The number of hydrogen-bond acceptors (Lipinski definition) is 3. The largest absolute Gasteiger partial charge is 0.487 e. The van der Waals surface area contributed by atoms with Crippen molar-refractivity contribution in [2.45, 2.75) is 18.9 Å². The summed E-state index contributed by atoms with van der Waals surface area (Å²) in [6.45, 7) is 0.880. The van der Waals surface area contributed by atoms with Crippen LogP contribution in [0.4, 0.5) is 13.2 Å². The molecule has 3 aromatic rings. The maximum atomic E-state index is 13.7. The van der Waals surface area contributed by atoms with Crippen LogP contribution >= 0.6 is 0 Å². The number of halogens is 3. The van der Waals surface area contributed by atoms with Gasteiger partial charge in [-0.1, -0.05) is 0 Å². The SMILES string of the molecule is O=C(c1ccn(-c2ccc(F)cc2)n1)N1CCC(Oc2ccc(F)cc2F)CC1. The van der Waals surface area contributed by atoms with Gasteiger partial charge in [0.15, 0.2) is 17.3 Å². The van der Waals surface area contributed by atoms with Crippen molar-refractivity contribution in [2.24, 2.45) is 0 Å². The minimum atomic E-state index is -0.741. The van der Waals surface area contributed by atoms with E-state index < -0.39 is 11.6 Å². The molecule has 0 spiro atoms. The van der Waals surface area contributed by atoms with Crippen molar-refractivity contribution in [1.82, 2.24) is 14.7 Å². The Balaban J connectivity index is 1.36. The van der Waals surface area contributed by atoms with E-state index in [9.17, 15) is 18.0 Å². The van der Waals surface area contributed by atoms with Gasteiger partial charge in [0.1, 0.15) is 17.7 Å². The normalized spacial score (nSPS) is 14.8. The highest BCUT2D eigenvalue weighted by molar-refractivity contribution is 5.92. The molecule has 29 heavy (non-hydrogen) atoms. The summed E-state index contributed by atoms with van der Waals surface area (Å²) < 4.78 is 46.9. The third-order valence-electron chi connectivity index (χ3n) is 4.82. The zero-order chi connectivity index (χ0) is 20.4. The molecule has 2 aromatic carbocycles. The fourth-order valence-electron chi connectivity index (χ4n) is 3.26. The second-order valence-corrected chi connectivity index (χ2v) is 6.81. The molecule has 0 aliphatic carbocycles. The van der Waals surface area contributed by atoms with E-state index >= 15 is 0 Å². The van der Waals surface area contributed by atoms with Crippen LogP contribution in [0, 0.1) is 17.5 Å². The molecule has 1 amide bonds. The van der Waals surface area contributed by atoms with Gasteiger partial charge in [-0.3, -0.25) is 4.79 Å². The van der Waals surface area contributed by atoms with Crippen LogP contribution in [0.15, 0.2) is 54.7 Å². The molecular weight excluding hydrogens is 383 g/mol. The summed E-state index contributed by atoms with van der Waals surface area (Å²) in [5, 5.41) is 4.28. The zero-order valence-electron chi connectivity index (χ0n) is 15.4. The maximum Gasteiger partial charge on any atom is 0.274 e. The monoisotopic (exact) mass is 401 g/mol. The molecule has 1 aliphatic rings. The molecule has 2 heterocycles. The maximum absolute atomic E-state index is 13.7. The van der Waals surface area contributed by atoms with E-state index in [0.717, 1.165) is 12.1 Å². The van der Waals surface area contributed by atoms with Gasteiger partial charge in [0.05, 0.1) is 5.69 Å². The number of carbonyl (C=O) groups is 1. The molecule has 5 nitrogen and oxygen atoms in total. The van der Waals surface area contributed by atoms with Gasteiger partial charge in [-0.05, 0) is 42.5 Å². The molecule has 4 rings (SSSR count). The molecule has 0 unspecified atom stereocenters. The Bertz CT molecular complexity index is 1010. The van der Waals surface area contributed by atoms with Gasteiger partial charge >= 0.3 is 0 Å². The number of ether oxygens (including phenoxy) is 1. The minimum Gasteiger partial charge on any atom is -0.487 e. The Morgan fingerprint density at radius 1 is 0.966 bits per heavy atom. The van der Waals surface area contributed by atoms with Crippen molar-refractivity contribution < 1.29 is 22.7 Å². The molecule has 0 saturated carbocycles. The van der Waals surface area contributed by atoms with Gasteiger partial charge in [-0.2, -0.15) is 5.10 Å². The number of rotatable bonds is 4. The third kappa shape index (κ3) is 4.26. The molecule has 0 N–H and O–H groups in total. The van der Waals surface area contributed by atoms with Crippen molar-refractivity contribution in [3.05, 3.63) is 77.9 Å². The predicted octanol–water partition coefficient (Wildman–Crippen LogP) is 3.97.